The molecule has 5 heteroatoms. The maximum absolute atomic E-state index is 12.4. The van der Waals surface area contributed by atoms with E-state index in [9.17, 15) is 19.5 Å². The second-order valence-corrected chi connectivity index (χ2v) is 9.23. The Bertz CT molecular complexity index is 664. The molecule has 1 amide bonds. The standard InChI is InChI=1S/C28H45NO4/c1-3-5-7-9-11-13-15-17-26(30)21-23-19-24(28(32)33)22-25(20-23)29-27(31)18-16-14-12-10-8-6-4-2/h19-20,22H,3-18,21H2,1-2H3,(H,29,31)(H,32,33). The number of carbonyl (C=O) groups excluding carboxylic acids is 2. The summed E-state index contributed by atoms with van der Waals surface area (Å²) in [6.07, 6.45) is 17.2. The van der Waals surface area contributed by atoms with E-state index in [-0.39, 0.29) is 23.7 Å². The largest absolute Gasteiger partial charge is 0.478 e. The SMILES string of the molecule is CCCCCCCCCC(=O)Cc1cc(NC(=O)CCCCCCCCC)cc(C(=O)O)c1. The molecule has 0 radical (unpaired) electrons. The quantitative estimate of drug-likeness (QED) is 0.196. The zero-order valence-electron chi connectivity index (χ0n) is 20.9. The fourth-order valence-electron chi connectivity index (χ4n) is 4.05. The lowest BCUT2D eigenvalue weighted by molar-refractivity contribution is -0.118. The number of nitrogens with one attached hydrogen (secondary N) is 1. The van der Waals surface area contributed by atoms with E-state index in [1.807, 2.05) is 0 Å². The summed E-state index contributed by atoms with van der Waals surface area (Å²) in [4.78, 5) is 36.2. The molecule has 1 aromatic rings. The van der Waals surface area contributed by atoms with Crippen molar-refractivity contribution in [2.45, 2.75) is 123 Å². The Morgan fingerprint density at radius 2 is 1.21 bits per heavy atom. The topological polar surface area (TPSA) is 83.5 Å². The van der Waals surface area contributed by atoms with Gasteiger partial charge in [-0.1, -0.05) is 90.9 Å². The highest BCUT2D eigenvalue weighted by Gasteiger charge is 2.12. The number of Topliss-reactive ketones (excluding diaryl/α,β-unsaturated/α-hetero) is 1. The van der Waals surface area contributed by atoms with Gasteiger partial charge in [-0.15, -0.1) is 0 Å². The van der Waals surface area contributed by atoms with Gasteiger partial charge in [-0.05, 0) is 36.6 Å². The van der Waals surface area contributed by atoms with Crippen molar-refractivity contribution >= 4 is 23.3 Å². The molecule has 0 aliphatic rings. The summed E-state index contributed by atoms with van der Waals surface area (Å²) in [7, 11) is 0. The predicted octanol–water partition coefficient (Wildman–Crippen LogP) is 7.72. The highest BCUT2D eigenvalue weighted by Crippen LogP contribution is 2.18. The highest BCUT2D eigenvalue weighted by molar-refractivity contribution is 5.94. The smallest absolute Gasteiger partial charge is 0.335 e. The molecule has 0 bridgehead atoms. The molecule has 0 aromatic heterocycles. The van der Waals surface area contributed by atoms with Crippen LogP contribution in [0, 0.1) is 0 Å². The lowest BCUT2D eigenvalue weighted by Crippen LogP contribution is -2.13. The molecule has 186 valence electrons. The molecule has 2 N–H and O–H groups in total. The van der Waals surface area contributed by atoms with Gasteiger partial charge in [0.2, 0.25) is 5.91 Å². The van der Waals surface area contributed by atoms with Crippen molar-refractivity contribution < 1.29 is 19.5 Å². The molecular formula is C28H45NO4. The molecule has 0 unspecified atom stereocenters. The van der Waals surface area contributed by atoms with Crippen molar-refractivity contribution in [1.82, 2.24) is 0 Å². The number of anilines is 1. The van der Waals surface area contributed by atoms with Crippen molar-refractivity contribution in [2.24, 2.45) is 0 Å². The average Bonchev–Trinajstić information content (AvgIpc) is 2.77. The van der Waals surface area contributed by atoms with Crippen molar-refractivity contribution in [1.29, 1.82) is 0 Å². The lowest BCUT2D eigenvalue weighted by Gasteiger charge is -2.10. The number of carboxylic acid groups (broad SMARTS) is 1. The van der Waals surface area contributed by atoms with Gasteiger partial charge in [-0.3, -0.25) is 9.59 Å². The number of aromatic carboxylic acids is 1. The van der Waals surface area contributed by atoms with Crippen LogP contribution in [0.25, 0.3) is 0 Å². The summed E-state index contributed by atoms with van der Waals surface area (Å²) in [6, 6.07) is 4.74. The van der Waals surface area contributed by atoms with Crippen molar-refractivity contribution in [2.75, 3.05) is 5.32 Å². The third kappa shape index (κ3) is 14.6. The summed E-state index contributed by atoms with van der Waals surface area (Å²) in [5, 5.41) is 12.3. The fourth-order valence-corrected chi connectivity index (χ4v) is 4.05. The zero-order chi connectivity index (χ0) is 24.3. The van der Waals surface area contributed by atoms with Gasteiger partial charge in [0, 0.05) is 24.9 Å². The van der Waals surface area contributed by atoms with Crippen LogP contribution >= 0.6 is 0 Å². The molecule has 0 atom stereocenters. The van der Waals surface area contributed by atoms with E-state index in [2.05, 4.69) is 19.2 Å². The molecule has 0 saturated heterocycles. The molecule has 1 rings (SSSR count). The van der Waals surface area contributed by atoms with Crippen LogP contribution in [-0.2, 0) is 16.0 Å². The Kier molecular flexibility index (Phi) is 16.0. The van der Waals surface area contributed by atoms with E-state index in [0.717, 1.165) is 38.5 Å². The van der Waals surface area contributed by atoms with Gasteiger partial charge in [0.25, 0.3) is 0 Å². The number of rotatable bonds is 20. The van der Waals surface area contributed by atoms with E-state index in [0.29, 0.717) is 24.1 Å². The van der Waals surface area contributed by atoms with Crippen molar-refractivity contribution in [3.05, 3.63) is 29.3 Å². The van der Waals surface area contributed by atoms with Gasteiger partial charge in [-0.2, -0.15) is 0 Å². The van der Waals surface area contributed by atoms with Crippen molar-refractivity contribution in [3.63, 3.8) is 0 Å². The molecular weight excluding hydrogens is 414 g/mol. The van der Waals surface area contributed by atoms with E-state index < -0.39 is 5.97 Å². The summed E-state index contributed by atoms with van der Waals surface area (Å²) in [5.74, 6) is -1.04. The Balaban J connectivity index is 2.47. The minimum absolute atomic E-state index is 0.0995. The van der Waals surface area contributed by atoms with Crippen LogP contribution < -0.4 is 5.32 Å². The van der Waals surface area contributed by atoms with Crippen molar-refractivity contribution in [3.8, 4) is 0 Å². The summed E-state index contributed by atoms with van der Waals surface area (Å²) in [5.41, 5.74) is 1.21. The first-order valence-corrected chi connectivity index (χ1v) is 13.1. The molecule has 33 heavy (non-hydrogen) atoms. The Hall–Kier alpha value is -2.17. The number of benzene rings is 1. The molecule has 0 saturated carbocycles. The van der Waals surface area contributed by atoms with Crippen LogP contribution in [0.4, 0.5) is 5.69 Å². The molecule has 0 fully saturated rings. The summed E-state index contributed by atoms with van der Waals surface area (Å²) in [6.45, 7) is 4.40. The maximum atomic E-state index is 12.4. The second kappa shape index (κ2) is 18.3. The molecule has 0 spiro atoms. The average molecular weight is 460 g/mol. The highest BCUT2D eigenvalue weighted by atomic mass is 16.4. The molecule has 0 heterocycles. The number of carboxylic acids is 1. The molecule has 5 nitrogen and oxygen atoms in total. The maximum Gasteiger partial charge on any atom is 0.335 e. The minimum Gasteiger partial charge on any atom is -0.478 e. The van der Waals surface area contributed by atoms with Gasteiger partial charge < -0.3 is 10.4 Å². The van der Waals surface area contributed by atoms with Gasteiger partial charge in [0.1, 0.15) is 5.78 Å². The van der Waals surface area contributed by atoms with Crippen LogP contribution in [0.1, 0.15) is 133 Å². The first kappa shape index (κ1) is 28.9. The Morgan fingerprint density at radius 3 is 1.76 bits per heavy atom. The van der Waals surface area contributed by atoms with E-state index in [1.54, 1.807) is 6.07 Å². The first-order chi connectivity index (χ1) is 16.0. The van der Waals surface area contributed by atoms with Crippen LogP contribution in [0.5, 0.6) is 0 Å². The zero-order valence-corrected chi connectivity index (χ0v) is 20.9. The van der Waals surface area contributed by atoms with Gasteiger partial charge >= 0.3 is 5.97 Å². The van der Waals surface area contributed by atoms with E-state index in [4.69, 9.17) is 0 Å². The van der Waals surface area contributed by atoms with E-state index in [1.165, 1.54) is 63.5 Å². The molecule has 0 aliphatic carbocycles. The molecule has 0 aliphatic heterocycles. The van der Waals surface area contributed by atoms with Crippen LogP contribution in [0.3, 0.4) is 0 Å². The predicted molar refractivity (Wildman–Crippen MR) is 136 cm³/mol. The third-order valence-electron chi connectivity index (χ3n) is 5.99. The van der Waals surface area contributed by atoms with Crippen LogP contribution in [0.2, 0.25) is 0 Å². The second-order valence-electron chi connectivity index (χ2n) is 9.23. The number of ketones is 1. The first-order valence-electron chi connectivity index (χ1n) is 13.1. The molecule has 1 aromatic carbocycles. The fraction of sp³-hybridized carbons (Fsp3) is 0.679. The number of hydrogen-bond donors (Lipinski definition) is 2. The normalized spacial score (nSPS) is 10.8. The number of carbonyl (C=O) groups is 3. The Labute approximate surface area is 200 Å². The monoisotopic (exact) mass is 459 g/mol. The number of hydrogen-bond acceptors (Lipinski definition) is 3. The summed E-state index contributed by atoms with van der Waals surface area (Å²) >= 11 is 0. The van der Waals surface area contributed by atoms with Gasteiger partial charge in [-0.25, -0.2) is 4.79 Å². The van der Waals surface area contributed by atoms with Gasteiger partial charge in [0.15, 0.2) is 0 Å². The lowest BCUT2D eigenvalue weighted by atomic mass is 10.0. The van der Waals surface area contributed by atoms with Gasteiger partial charge in [0.05, 0.1) is 5.56 Å². The third-order valence-corrected chi connectivity index (χ3v) is 5.99. The Morgan fingerprint density at radius 1 is 0.697 bits per heavy atom. The van der Waals surface area contributed by atoms with E-state index >= 15 is 0 Å². The summed E-state index contributed by atoms with van der Waals surface area (Å²) < 4.78 is 0. The number of amides is 1. The minimum atomic E-state index is -1.06. The van der Waals surface area contributed by atoms with Crippen LogP contribution in [0.15, 0.2) is 18.2 Å². The number of unbranched alkanes of at least 4 members (excludes halogenated alkanes) is 12. The van der Waals surface area contributed by atoms with Crippen LogP contribution in [-0.4, -0.2) is 22.8 Å².